The number of carbonyl (C=O) groups is 1. The Morgan fingerprint density at radius 2 is 1.62 bits per heavy atom. The molecule has 0 fully saturated rings. The van der Waals surface area contributed by atoms with E-state index in [2.05, 4.69) is 0 Å². The van der Waals surface area contributed by atoms with Crippen LogP contribution >= 0.6 is 0 Å². The van der Waals surface area contributed by atoms with Gasteiger partial charge in [-0.15, -0.1) is 0 Å². The van der Waals surface area contributed by atoms with Crippen LogP contribution in [0.3, 0.4) is 0 Å². The van der Waals surface area contributed by atoms with Gasteiger partial charge in [-0.3, -0.25) is 4.79 Å². The van der Waals surface area contributed by atoms with Crippen LogP contribution in [0, 0.1) is 0 Å². The molecule has 0 bridgehead atoms. The molecule has 0 aliphatic carbocycles. The zero-order chi connectivity index (χ0) is 27.0. The van der Waals surface area contributed by atoms with E-state index in [1.54, 1.807) is 30.3 Å². The van der Waals surface area contributed by atoms with Crippen molar-refractivity contribution in [3.63, 3.8) is 0 Å². The standard InChI is InChI=1S/C27H27F3O7/c1-33-16-37-25-22(27(28,29)30)12-9-20(24(25)26(34-2)35-3)15-36-21-10-7-18(8-11-21)19-6-4-5-17(13-19)14-23(31)32/h4-13,26H,14-16H2,1-3H3,(H,31,32). The third-order valence-corrected chi connectivity index (χ3v) is 5.44. The fourth-order valence-electron chi connectivity index (χ4n) is 3.79. The molecule has 0 spiro atoms. The van der Waals surface area contributed by atoms with Crippen molar-refractivity contribution < 1.29 is 46.8 Å². The molecule has 0 unspecified atom stereocenters. The van der Waals surface area contributed by atoms with Crippen LogP contribution in [-0.4, -0.2) is 39.2 Å². The Morgan fingerprint density at radius 1 is 0.919 bits per heavy atom. The number of aliphatic carboxylic acids is 1. The van der Waals surface area contributed by atoms with Gasteiger partial charge in [0.1, 0.15) is 18.1 Å². The number of halogens is 3. The number of alkyl halides is 3. The fraction of sp³-hybridized carbons (Fsp3) is 0.296. The zero-order valence-corrected chi connectivity index (χ0v) is 20.5. The highest BCUT2D eigenvalue weighted by Gasteiger charge is 2.38. The normalized spacial score (nSPS) is 11.5. The van der Waals surface area contributed by atoms with Gasteiger partial charge in [0.15, 0.2) is 13.1 Å². The molecule has 0 radical (unpaired) electrons. The Hall–Kier alpha value is -3.60. The number of ether oxygens (including phenoxy) is 5. The Labute approximate surface area is 212 Å². The maximum absolute atomic E-state index is 13.7. The molecular weight excluding hydrogens is 493 g/mol. The van der Waals surface area contributed by atoms with E-state index in [0.29, 0.717) is 16.9 Å². The summed E-state index contributed by atoms with van der Waals surface area (Å²) in [6.07, 6.45) is -5.90. The maximum Gasteiger partial charge on any atom is 0.419 e. The van der Waals surface area contributed by atoms with E-state index in [4.69, 9.17) is 28.8 Å². The first kappa shape index (κ1) is 28.0. The minimum absolute atomic E-state index is 0.0451. The summed E-state index contributed by atoms with van der Waals surface area (Å²) in [5.74, 6) is -0.897. The summed E-state index contributed by atoms with van der Waals surface area (Å²) < 4.78 is 67.7. The van der Waals surface area contributed by atoms with Gasteiger partial charge < -0.3 is 28.8 Å². The largest absolute Gasteiger partial charge is 0.489 e. The fourth-order valence-corrected chi connectivity index (χ4v) is 3.79. The second-order valence-corrected chi connectivity index (χ2v) is 7.95. The van der Waals surface area contributed by atoms with Crippen molar-refractivity contribution in [2.45, 2.75) is 25.5 Å². The molecule has 0 amide bonds. The van der Waals surface area contributed by atoms with Crippen LogP contribution in [0.4, 0.5) is 13.2 Å². The summed E-state index contributed by atoms with van der Waals surface area (Å²) >= 11 is 0. The quantitative estimate of drug-likeness (QED) is 0.300. The predicted molar refractivity (Wildman–Crippen MR) is 128 cm³/mol. The van der Waals surface area contributed by atoms with Gasteiger partial charge in [0.25, 0.3) is 0 Å². The molecule has 0 saturated heterocycles. The Morgan fingerprint density at radius 3 is 2.22 bits per heavy atom. The molecule has 3 aromatic carbocycles. The average molecular weight is 521 g/mol. The molecule has 198 valence electrons. The highest BCUT2D eigenvalue weighted by atomic mass is 19.4. The first-order valence-electron chi connectivity index (χ1n) is 11.1. The lowest BCUT2D eigenvalue weighted by molar-refractivity contribution is -0.141. The van der Waals surface area contributed by atoms with E-state index in [-0.39, 0.29) is 18.6 Å². The number of methoxy groups -OCH3 is 3. The molecule has 0 saturated carbocycles. The summed E-state index contributed by atoms with van der Waals surface area (Å²) in [6.45, 7) is -0.497. The number of rotatable bonds is 12. The highest BCUT2D eigenvalue weighted by molar-refractivity contribution is 5.72. The van der Waals surface area contributed by atoms with Crippen molar-refractivity contribution in [2.75, 3.05) is 28.1 Å². The van der Waals surface area contributed by atoms with Crippen LogP contribution in [0.2, 0.25) is 0 Å². The topological polar surface area (TPSA) is 83.5 Å². The van der Waals surface area contributed by atoms with Crippen molar-refractivity contribution in [3.8, 4) is 22.6 Å². The van der Waals surface area contributed by atoms with Gasteiger partial charge in [0.2, 0.25) is 0 Å². The molecule has 7 nitrogen and oxygen atoms in total. The van der Waals surface area contributed by atoms with Crippen molar-refractivity contribution in [3.05, 3.63) is 82.9 Å². The van der Waals surface area contributed by atoms with Crippen molar-refractivity contribution >= 4 is 5.97 Å². The summed E-state index contributed by atoms with van der Waals surface area (Å²) in [7, 11) is 3.92. The lowest BCUT2D eigenvalue weighted by Gasteiger charge is -2.24. The summed E-state index contributed by atoms with van der Waals surface area (Å²) in [6, 6.07) is 16.5. The molecular formula is C27H27F3O7. The highest BCUT2D eigenvalue weighted by Crippen LogP contribution is 2.43. The van der Waals surface area contributed by atoms with Gasteiger partial charge in [-0.25, -0.2) is 0 Å². The van der Waals surface area contributed by atoms with Crippen LogP contribution in [0.15, 0.2) is 60.7 Å². The minimum Gasteiger partial charge on any atom is -0.489 e. The van der Waals surface area contributed by atoms with Gasteiger partial charge in [0.05, 0.1) is 17.5 Å². The monoisotopic (exact) mass is 520 g/mol. The van der Waals surface area contributed by atoms with Crippen LogP contribution in [0.5, 0.6) is 11.5 Å². The molecule has 0 aromatic heterocycles. The van der Waals surface area contributed by atoms with E-state index < -0.39 is 36.5 Å². The van der Waals surface area contributed by atoms with Crippen LogP contribution < -0.4 is 9.47 Å². The van der Waals surface area contributed by atoms with Gasteiger partial charge >= 0.3 is 12.1 Å². The van der Waals surface area contributed by atoms with Crippen LogP contribution in [0.1, 0.15) is 28.5 Å². The Kier molecular flexibility index (Phi) is 9.51. The second kappa shape index (κ2) is 12.6. The number of carboxylic acids is 1. The third kappa shape index (κ3) is 7.22. The molecule has 0 atom stereocenters. The summed E-state index contributed by atoms with van der Waals surface area (Å²) in [5.41, 5.74) is 1.80. The molecule has 1 N–H and O–H groups in total. The smallest absolute Gasteiger partial charge is 0.419 e. The summed E-state index contributed by atoms with van der Waals surface area (Å²) in [4.78, 5) is 11.0. The minimum atomic E-state index is -4.68. The van der Waals surface area contributed by atoms with Gasteiger partial charge in [0, 0.05) is 26.9 Å². The molecule has 0 aliphatic rings. The second-order valence-electron chi connectivity index (χ2n) is 7.95. The first-order chi connectivity index (χ1) is 17.7. The molecule has 3 rings (SSSR count). The van der Waals surface area contributed by atoms with E-state index in [1.165, 1.54) is 27.4 Å². The predicted octanol–water partition coefficient (Wildman–Crippen LogP) is 5.85. The van der Waals surface area contributed by atoms with Crippen LogP contribution in [0.25, 0.3) is 11.1 Å². The molecule has 3 aromatic rings. The van der Waals surface area contributed by atoms with Gasteiger partial charge in [-0.05, 0) is 34.9 Å². The Bertz CT molecular complexity index is 1190. The number of hydrogen-bond donors (Lipinski definition) is 1. The third-order valence-electron chi connectivity index (χ3n) is 5.44. The van der Waals surface area contributed by atoms with Gasteiger partial charge in [-0.1, -0.05) is 42.5 Å². The van der Waals surface area contributed by atoms with Crippen molar-refractivity contribution in [1.82, 2.24) is 0 Å². The maximum atomic E-state index is 13.7. The van der Waals surface area contributed by atoms with Crippen molar-refractivity contribution in [1.29, 1.82) is 0 Å². The van der Waals surface area contributed by atoms with Gasteiger partial charge in [-0.2, -0.15) is 13.2 Å². The number of hydrogen-bond acceptors (Lipinski definition) is 6. The molecule has 0 aliphatic heterocycles. The number of carboxylic acid groups (broad SMARTS) is 1. The lowest BCUT2D eigenvalue weighted by Crippen LogP contribution is -2.17. The molecule has 37 heavy (non-hydrogen) atoms. The molecule has 10 heteroatoms. The molecule has 0 heterocycles. The lowest BCUT2D eigenvalue weighted by atomic mass is 10.0. The number of benzene rings is 3. The first-order valence-corrected chi connectivity index (χ1v) is 11.1. The van der Waals surface area contributed by atoms with E-state index >= 15 is 0 Å². The zero-order valence-electron chi connectivity index (χ0n) is 20.5. The van der Waals surface area contributed by atoms with E-state index in [0.717, 1.165) is 17.2 Å². The van der Waals surface area contributed by atoms with E-state index in [9.17, 15) is 18.0 Å². The summed E-state index contributed by atoms with van der Waals surface area (Å²) in [5, 5.41) is 9.02. The van der Waals surface area contributed by atoms with Crippen LogP contribution in [-0.2, 0) is 38.2 Å². The van der Waals surface area contributed by atoms with Crippen molar-refractivity contribution in [2.24, 2.45) is 0 Å². The average Bonchev–Trinajstić information content (AvgIpc) is 2.87. The Balaban J connectivity index is 1.88. The van der Waals surface area contributed by atoms with E-state index in [1.807, 2.05) is 18.2 Å². The SMILES string of the molecule is COCOc1c(C(F)(F)F)ccc(COc2ccc(-c3cccc(CC(=O)O)c3)cc2)c1C(OC)OC.